The van der Waals surface area contributed by atoms with Gasteiger partial charge in [0.1, 0.15) is 11.6 Å². The molecule has 0 unspecified atom stereocenters. The third-order valence-corrected chi connectivity index (χ3v) is 5.64. The molecule has 0 saturated carbocycles. The molecule has 3 aromatic rings. The quantitative estimate of drug-likeness (QED) is 0.494. The van der Waals surface area contributed by atoms with Gasteiger partial charge in [-0.25, -0.2) is 4.98 Å². The minimum atomic E-state index is 0. The molecule has 0 aliphatic heterocycles. The first-order chi connectivity index (χ1) is 14.1. The fourth-order valence-electron chi connectivity index (χ4n) is 4.36. The molecule has 0 fully saturated rings. The number of anilines is 1. The third-order valence-electron chi connectivity index (χ3n) is 5.64. The molecule has 0 spiro atoms. The number of aromatic nitrogens is 3. The van der Waals surface area contributed by atoms with Crippen LogP contribution in [0.5, 0.6) is 5.75 Å². The maximum Gasteiger partial charge on any atom is 0.165 e. The van der Waals surface area contributed by atoms with E-state index >= 15 is 0 Å². The highest BCUT2D eigenvalue weighted by Crippen LogP contribution is 2.37. The lowest BCUT2D eigenvalue weighted by molar-refractivity contribution is 0.414. The Labute approximate surface area is 184 Å². The molecular weight excluding hydrogens is 396 g/mol. The van der Waals surface area contributed by atoms with Crippen LogP contribution in [0.25, 0.3) is 16.8 Å². The van der Waals surface area contributed by atoms with E-state index in [9.17, 15) is 0 Å². The fourth-order valence-corrected chi connectivity index (χ4v) is 4.36. The van der Waals surface area contributed by atoms with Crippen molar-refractivity contribution in [3.63, 3.8) is 0 Å². The maximum atomic E-state index is 5.39. The second-order valence-electron chi connectivity index (χ2n) is 7.57. The highest BCUT2D eigenvalue weighted by Gasteiger charge is 2.26. The Balaban J connectivity index is 0.00000256. The lowest BCUT2D eigenvalue weighted by Crippen LogP contribution is -2.27. The van der Waals surface area contributed by atoms with Gasteiger partial charge in [-0.1, -0.05) is 18.2 Å². The van der Waals surface area contributed by atoms with Gasteiger partial charge in [-0.2, -0.15) is 9.61 Å². The van der Waals surface area contributed by atoms with Crippen molar-refractivity contribution in [1.82, 2.24) is 14.6 Å². The molecule has 0 N–H and O–H groups in total. The number of hydrogen-bond acceptors (Lipinski definition) is 4. The lowest BCUT2D eigenvalue weighted by Gasteiger charge is -2.25. The van der Waals surface area contributed by atoms with Crippen molar-refractivity contribution in [1.29, 1.82) is 0 Å². The Morgan fingerprint density at radius 1 is 1.17 bits per heavy atom. The molecule has 158 valence electrons. The van der Waals surface area contributed by atoms with Crippen LogP contribution in [0.15, 0.2) is 43.5 Å². The summed E-state index contributed by atoms with van der Waals surface area (Å²) in [5, 5.41) is 4.95. The number of benzene rings is 1. The predicted octanol–water partition coefficient (Wildman–Crippen LogP) is 5.11. The van der Waals surface area contributed by atoms with Gasteiger partial charge in [0.05, 0.1) is 12.8 Å². The van der Waals surface area contributed by atoms with Gasteiger partial charge in [0.15, 0.2) is 5.65 Å². The van der Waals surface area contributed by atoms with E-state index in [0.717, 1.165) is 72.0 Å². The molecule has 0 saturated heterocycles. The first kappa shape index (κ1) is 21.9. The van der Waals surface area contributed by atoms with Crippen LogP contribution in [0.3, 0.4) is 0 Å². The van der Waals surface area contributed by atoms with E-state index in [0.29, 0.717) is 0 Å². The highest BCUT2D eigenvalue weighted by molar-refractivity contribution is 5.85. The van der Waals surface area contributed by atoms with Crippen LogP contribution in [0.1, 0.15) is 28.9 Å². The van der Waals surface area contributed by atoms with E-state index in [-0.39, 0.29) is 12.4 Å². The average Bonchev–Trinajstić information content (AvgIpc) is 3.29. The van der Waals surface area contributed by atoms with Crippen LogP contribution >= 0.6 is 12.4 Å². The Morgan fingerprint density at radius 2 is 1.90 bits per heavy atom. The van der Waals surface area contributed by atoms with Crippen LogP contribution < -0.4 is 9.64 Å². The van der Waals surface area contributed by atoms with E-state index in [1.54, 1.807) is 7.11 Å². The topological polar surface area (TPSA) is 42.7 Å². The monoisotopic (exact) mass is 424 g/mol. The summed E-state index contributed by atoms with van der Waals surface area (Å²) in [6, 6.07) is 6.17. The molecule has 0 bridgehead atoms. The molecule has 0 atom stereocenters. The van der Waals surface area contributed by atoms with Gasteiger partial charge in [0.25, 0.3) is 0 Å². The van der Waals surface area contributed by atoms with Crippen LogP contribution in [0.2, 0.25) is 0 Å². The number of halogens is 1. The first-order valence-electron chi connectivity index (χ1n) is 10.1. The van der Waals surface area contributed by atoms with Crippen LogP contribution in [0, 0.1) is 13.8 Å². The minimum Gasteiger partial charge on any atom is -0.497 e. The van der Waals surface area contributed by atoms with Crippen molar-refractivity contribution in [3.8, 4) is 16.9 Å². The first-order valence-corrected chi connectivity index (χ1v) is 10.1. The Hall–Kier alpha value is -2.79. The van der Waals surface area contributed by atoms with Crippen molar-refractivity contribution >= 4 is 23.9 Å². The zero-order chi connectivity index (χ0) is 20.5. The summed E-state index contributed by atoms with van der Waals surface area (Å²) in [6.45, 7) is 13.6. The van der Waals surface area contributed by atoms with Gasteiger partial charge < -0.3 is 9.64 Å². The average molecular weight is 425 g/mol. The zero-order valence-electron chi connectivity index (χ0n) is 17.9. The molecule has 1 aromatic carbocycles. The number of aryl methyl sites for hydroxylation is 3. The summed E-state index contributed by atoms with van der Waals surface area (Å²) in [4.78, 5) is 7.38. The number of methoxy groups -OCH3 is 1. The van der Waals surface area contributed by atoms with Crippen molar-refractivity contribution in [2.45, 2.75) is 33.1 Å². The molecule has 2 heterocycles. The maximum absolute atomic E-state index is 5.39. The summed E-state index contributed by atoms with van der Waals surface area (Å²) >= 11 is 0. The Morgan fingerprint density at radius 3 is 2.53 bits per heavy atom. The second kappa shape index (κ2) is 8.92. The predicted molar refractivity (Wildman–Crippen MR) is 126 cm³/mol. The molecule has 4 rings (SSSR count). The Kier molecular flexibility index (Phi) is 6.52. The lowest BCUT2D eigenvalue weighted by atomic mass is 10.0. The molecule has 5 nitrogen and oxygen atoms in total. The number of fused-ring (bicyclic) bond motifs is 2. The normalized spacial score (nSPS) is 12.4. The van der Waals surface area contributed by atoms with Crippen LogP contribution in [-0.4, -0.2) is 34.8 Å². The van der Waals surface area contributed by atoms with E-state index in [1.807, 2.05) is 22.7 Å². The van der Waals surface area contributed by atoms with Gasteiger partial charge >= 0.3 is 0 Å². The number of nitrogens with zero attached hydrogens (tertiary/aromatic N) is 4. The van der Waals surface area contributed by atoms with Crippen molar-refractivity contribution in [2.24, 2.45) is 0 Å². The van der Waals surface area contributed by atoms with Crippen molar-refractivity contribution in [3.05, 3.63) is 66.0 Å². The molecule has 0 amide bonds. The molecule has 1 aliphatic carbocycles. The number of ether oxygens (including phenoxy) is 1. The molecule has 30 heavy (non-hydrogen) atoms. The van der Waals surface area contributed by atoms with Crippen LogP contribution in [0.4, 0.5) is 5.82 Å². The summed E-state index contributed by atoms with van der Waals surface area (Å²) in [5.74, 6) is 1.99. The van der Waals surface area contributed by atoms with Crippen molar-refractivity contribution < 1.29 is 4.74 Å². The largest absolute Gasteiger partial charge is 0.497 e. The molecule has 1 aliphatic rings. The van der Waals surface area contributed by atoms with Crippen molar-refractivity contribution in [2.75, 3.05) is 25.1 Å². The zero-order valence-corrected chi connectivity index (χ0v) is 18.8. The Bertz CT molecular complexity index is 1090. The van der Waals surface area contributed by atoms with Gasteiger partial charge in [0.2, 0.25) is 0 Å². The summed E-state index contributed by atoms with van der Waals surface area (Å²) in [5.41, 5.74) is 7.80. The molecule has 6 heteroatoms. The van der Waals surface area contributed by atoms with E-state index in [1.165, 1.54) is 11.3 Å². The second-order valence-corrected chi connectivity index (χ2v) is 7.57. The highest BCUT2D eigenvalue weighted by atomic mass is 35.5. The molecular formula is C24H29ClN4O. The molecule has 0 radical (unpaired) electrons. The van der Waals surface area contributed by atoms with E-state index in [4.69, 9.17) is 14.8 Å². The van der Waals surface area contributed by atoms with Crippen LogP contribution in [-0.2, 0) is 12.8 Å². The fraction of sp³-hybridized carbons (Fsp3) is 0.333. The van der Waals surface area contributed by atoms with Gasteiger partial charge in [0, 0.05) is 29.9 Å². The smallest absolute Gasteiger partial charge is 0.165 e. The SMILES string of the molecule is C=CCN(CC=C)c1c2c(nc3c(-c4ccc(OC)cc4C)c(C)nn13)CCC2.Cl. The number of hydrogen-bond donors (Lipinski definition) is 0. The summed E-state index contributed by atoms with van der Waals surface area (Å²) in [6.07, 6.45) is 7.05. The molecule has 2 aromatic heterocycles. The van der Waals surface area contributed by atoms with Gasteiger partial charge in [-0.3, -0.25) is 0 Å². The van der Waals surface area contributed by atoms with E-state index in [2.05, 4.69) is 44.0 Å². The van der Waals surface area contributed by atoms with E-state index < -0.39 is 0 Å². The summed E-state index contributed by atoms with van der Waals surface area (Å²) in [7, 11) is 1.69. The van der Waals surface area contributed by atoms with Gasteiger partial charge in [-0.05, 0) is 56.4 Å². The summed E-state index contributed by atoms with van der Waals surface area (Å²) < 4.78 is 7.42. The minimum absolute atomic E-state index is 0. The standard InChI is InChI=1S/C24H28N4O.ClH/c1-6-13-27(14-7-2)24-20-9-8-10-21(20)25-23-22(17(4)26-28(23)24)19-12-11-18(29-5)15-16(19)3;/h6-7,11-12,15H,1-2,8-10,13-14H2,3-5H3;1H. The number of rotatable bonds is 7. The van der Waals surface area contributed by atoms with Gasteiger partial charge in [-0.15, -0.1) is 25.6 Å². The third kappa shape index (κ3) is 3.58.